The highest BCUT2D eigenvalue weighted by molar-refractivity contribution is 5.88. The lowest BCUT2D eigenvalue weighted by Crippen LogP contribution is -2.08. The Morgan fingerprint density at radius 3 is 2.66 bits per heavy atom. The maximum Gasteiger partial charge on any atom is 0.410 e. The van der Waals surface area contributed by atoms with E-state index in [1.165, 1.54) is 12.5 Å². The van der Waals surface area contributed by atoms with Crippen LogP contribution < -0.4 is 10.7 Å². The van der Waals surface area contributed by atoms with Gasteiger partial charge in [0.05, 0.1) is 23.5 Å². The van der Waals surface area contributed by atoms with Crippen LogP contribution in [-0.2, 0) is 0 Å². The normalized spacial score (nSPS) is 11.1. The second-order valence-electron chi connectivity index (χ2n) is 6.13. The van der Waals surface area contributed by atoms with E-state index in [0.29, 0.717) is 17.0 Å². The molecule has 0 aliphatic carbocycles. The zero-order valence-electron chi connectivity index (χ0n) is 15.3. The topological polar surface area (TPSA) is 130 Å². The van der Waals surface area contributed by atoms with Crippen molar-refractivity contribution in [2.75, 3.05) is 10.7 Å². The van der Waals surface area contributed by atoms with Crippen molar-refractivity contribution in [3.8, 4) is 5.69 Å². The Labute approximate surface area is 165 Å². The van der Waals surface area contributed by atoms with Crippen LogP contribution in [0, 0.1) is 6.92 Å². The monoisotopic (exact) mass is 388 g/mol. The Balaban J connectivity index is 1.53. The first-order valence-electron chi connectivity index (χ1n) is 8.61. The molecule has 10 heteroatoms. The summed E-state index contributed by atoms with van der Waals surface area (Å²) in [6.45, 7) is 2.03. The largest absolute Gasteiger partial charge is 0.465 e. The molecule has 0 atom stereocenters. The quantitative estimate of drug-likeness (QED) is 0.354. The number of aromatic nitrogens is 5. The van der Waals surface area contributed by atoms with Crippen molar-refractivity contribution in [1.29, 1.82) is 0 Å². The van der Waals surface area contributed by atoms with Gasteiger partial charge >= 0.3 is 6.09 Å². The number of nitrogens with one attached hydrogen (secondary N) is 2. The van der Waals surface area contributed by atoms with Gasteiger partial charge in [0.15, 0.2) is 11.5 Å². The molecule has 1 aromatic carbocycles. The van der Waals surface area contributed by atoms with Gasteiger partial charge in [-0.25, -0.2) is 24.4 Å². The Kier molecular flexibility index (Phi) is 4.81. The van der Waals surface area contributed by atoms with Crippen LogP contribution in [0.2, 0.25) is 0 Å². The van der Waals surface area contributed by atoms with Crippen LogP contribution in [0.15, 0.2) is 60.2 Å². The number of anilines is 2. The third-order valence-electron chi connectivity index (χ3n) is 4.05. The number of nitrogens with zero attached hydrogens (tertiary/aromatic N) is 6. The average molecular weight is 388 g/mol. The zero-order valence-corrected chi connectivity index (χ0v) is 15.3. The molecule has 10 nitrogen and oxygen atoms in total. The number of aryl methyl sites for hydroxylation is 1. The highest BCUT2D eigenvalue weighted by Crippen LogP contribution is 2.21. The van der Waals surface area contributed by atoms with E-state index in [4.69, 9.17) is 5.11 Å². The van der Waals surface area contributed by atoms with Gasteiger partial charge in [0, 0.05) is 11.8 Å². The summed E-state index contributed by atoms with van der Waals surface area (Å²) in [5.41, 5.74) is 6.30. The summed E-state index contributed by atoms with van der Waals surface area (Å²) in [6.07, 6.45) is 5.01. The van der Waals surface area contributed by atoms with Crippen LogP contribution in [0.1, 0.15) is 11.1 Å². The molecule has 3 aromatic heterocycles. The number of hydrazone groups is 1. The highest BCUT2D eigenvalue weighted by atomic mass is 16.4. The fraction of sp³-hybridized carbons (Fsp3) is 0.0526. The van der Waals surface area contributed by atoms with Crippen molar-refractivity contribution in [2.24, 2.45) is 5.10 Å². The van der Waals surface area contributed by atoms with Crippen LogP contribution in [0.5, 0.6) is 0 Å². The minimum absolute atomic E-state index is 0.239. The lowest BCUT2D eigenvalue weighted by molar-refractivity contribution is 0.209. The zero-order chi connectivity index (χ0) is 20.2. The van der Waals surface area contributed by atoms with Gasteiger partial charge in [0.25, 0.3) is 0 Å². The van der Waals surface area contributed by atoms with Gasteiger partial charge in [-0.1, -0.05) is 17.7 Å². The molecule has 0 radical (unpaired) electrons. The molecule has 4 rings (SSSR count). The average Bonchev–Trinajstić information content (AvgIpc) is 3.14. The van der Waals surface area contributed by atoms with Gasteiger partial charge < -0.3 is 5.11 Å². The first-order chi connectivity index (χ1) is 14.1. The van der Waals surface area contributed by atoms with E-state index in [0.717, 1.165) is 16.6 Å². The van der Waals surface area contributed by atoms with Gasteiger partial charge in [-0.2, -0.15) is 10.2 Å². The SMILES string of the molecule is Cc1ccc(-n2ncc3c(NN=Cc4ccc(NC(=O)O)nc4)ncnc32)cc1. The number of carboxylic acid groups (broad SMARTS) is 1. The molecule has 144 valence electrons. The number of hydrogen-bond donors (Lipinski definition) is 3. The number of benzene rings is 1. The van der Waals surface area contributed by atoms with E-state index in [1.807, 2.05) is 31.2 Å². The van der Waals surface area contributed by atoms with Crippen molar-refractivity contribution in [1.82, 2.24) is 24.7 Å². The van der Waals surface area contributed by atoms with E-state index in [9.17, 15) is 4.79 Å². The minimum atomic E-state index is -1.17. The highest BCUT2D eigenvalue weighted by Gasteiger charge is 2.10. The minimum Gasteiger partial charge on any atom is -0.465 e. The summed E-state index contributed by atoms with van der Waals surface area (Å²) in [4.78, 5) is 23.1. The second-order valence-corrected chi connectivity index (χ2v) is 6.13. The number of pyridine rings is 1. The molecule has 0 bridgehead atoms. The van der Waals surface area contributed by atoms with Crippen LogP contribution in [0.3, 0.4) is 0 Å². The number of carbonyl (C=O) groups is 1. The van der Waals surface area contributed by atoms with Gasteiger partial charge in [-0.3, -0.25) is 10.7 Å². The fourth-order valence-electron chi connectivity index (χ4n) is 2.64. The summed E-state index contributed by atoms with van der Waals surface area (Å²) >= 11 is 0. The fourth-order valence-corrected chi connectivity index (χ4v) is 2.64. The van der Waals surface area contributed by atoms with Crippen molar-refractivity contribution in [3.63, 3.8) is 0 Å². The van der Waals surface area contributed by atoms with Gasteiger partial charge in [0.1, 0.15) is 12.1 Å². The van der Waals surface area contributed by atoms with E-state index in [-0.39, 0.29) is 5.82 Å². The third kappa shape index (κ3) is 4.00. The molecule has 0 aliphatic rings. The summed E-state index contributed by atoms with van der Waals surface area (Å²) < 4.78 is 1.74. The third-order valence-corrected chi connectivity index (χ3v) is 4.05. The van der Waals surface area contributed by atoms with Crippen LogP contribution in [0.4, 0.5) is 16.4 Å². The summed E-state index contributed by atoms with van der Waals surface area (Å²) in [5, 5.41) is 20.1. The van der Waals surface area contributed by atoms with Crippen molar-refractivity contribution >= 4 is 35.0 Å². The molecule has 0 saturated heterocycles. The maximum absolute atomic E-state index is 10.6. The van der Waals surface area contributed by atoms with Gasteiger partial charge in [0.2, 0.25) is 0 Å². The molecule has 3 N–H and O–H groups in total. The lowest BCUT2D eigenvalue weighted by atomic mass is 10.2. The van der Waals surface area contributed by atoms with E-state index >= 15 is 0 Å². The Bertz CT molecular complexity index is 1180. The number of amides is 1. The van der Waals surface area contributed by atoms with E-state index in [1.54, 1.807) is 29.2 Å². The van der Waals surface area contributed by atoms with Crippen LogP contribution >= 0.6 is 0 Å². The molecular formula is C19H16N8O2. The predicted molar refractivity (Wildman–Crippen MR) is 108 cm³/mol. The lowest BCUT2D eigenvalue weighted by Gasteiger charge is -2.04. The van der Waals surface area contributed by atoms with Gasteiger partial charge in [-0.15, -0.1) is 0 Å². The summed E-state index contributed by atoms with van der Waals surface area (Å²) in [6, 6.07) is 11.2. The summed E-state index contributed by atoms with van der Waals surface area (Å²) in [5.74, 6) is 0.755. The number of rotatable bonds is 5. The van der Waals surface area contributed by atoms with E-state index in [2.05, 4.69) is 35.9 Å². The maximum atomic E-state index is 10.6. The molecular weight excluding hydrogens is 372 g/mol. The molecule has 0 saturated carbocycles. The van der Waals surface area contributed by atoms with Crippen LogP contribution in [-0.4, -0.2) is 42.1 Å². The molecule has 0 spiro atoms. The van der Waals surface area contributed by atoms with Crippen molar-refractivity contribution < 1.29 is 9.90 Å². The summed E-state index contributed by atoms with van der Waals surface area (Å²) in [7, 11) is 0. The molecule has 0 aliphatic heterocycles. The van der Waals surface area contributed by atoms with Gasteiger partial charge in [-0.05, 0) is 31.2 Å². The van der Waals surface area contributed by atoms with E-state index < -0.39 is 6.09 Å². The Hall–Kier alpha value is -4.34. The number of fused-ring (bicyclic) bond motifs is 1. The molecule has 3 heterocycles. The van der Waals surface area contributed by atoms with Crippen LogP contribution in [0.25, 0.3) is 16.7 Å². The number of hydrogen-bond acceptors (Lipinski definition) is 7. The second kappa shape index (κ2) is 7.72. The molecule has 0 fully saturated rings. The molecule has 0 unspecified atom stereocenters. The Morgan fingerprint density at radius 2 is 1.93 bits per heavy atom. The first-order valence-corrected chi connectivity index (χ1v) is 8.61. The molecule has 29 heavy (non-hydrogen) atoms. The Morgan fingerprint density at radius 1 is 1.10 bits per heavy atom. The smallest absolute Gasteiger partial charge is 0.410 e. The standard InChI is InChI=1S/C19H16N8O2/c1-12-2-5-14(6-3-12)27-18-15(10-24-27)17(21-11-22-18)26-23-9-13-4-7-16(20-8-13)25-19(28)29/h2-11H,1H3,(H,20,25)(H,28,29)(H,21,22,26). The van der Waals surface area contributed by atoms with Crippen molar-refractivity contribution in [3.05, 3.63) is 66.2 Å². The molecule has 1 amide bonds. The molecule has 4 aromatic rings. The van der Waals surface area contributed by atoms with Crippen molar-refractivity contribution in [2.45, 2.75) is 6.92 Å². The predicted octanol–water partition coefficient (Wildman–Crippen LogP) is 3.05. The first kappa shape index (κ1) is 18.0.